The number of hydrogen-bond donors (Lipinski definition) is 3. The summed E-state index contributed by atoms with van der Waals surface area (Å²) in [6.07, 6.45) is -0.0616. The lowest BCUT2D eigenvalue weighted by molar-refractivity contribution is -0.141. The molecule has 0 radical (unpaired) electrons. The number of amides is 2. The Morgan fingerprint density at radius 1 is 1.24 bits per heavy atom. The van der Waals surface area contributed by atoms with Crippen molar-refractivity contribution < 1.29 is 34.1 Å². The summed E-state index contributed by atoms with van der Waals surface area (Å²) < 4.78 is 4.45. The number of rotatable bonds is 9. The Bertz CT molecular complexity index is 397. The van der Waals surface area contributed by atoms with E-state index in [4.69, 9.17) is 10.2 Å². The first kappa shape index (κ1) is 18.7. The topological polar surface area (TPSA) is 133 Å². The van der Waals surface area contributed by atoms with E-state index in [0.717, 1.165) is 4.90 Å². The third-order valence-corrected chi connectivity index (χ3v) is 2.57. The van der Waals surface area contributed by atoms with E-state index in [9.17, 15) is 19.2 Å². The minimum atomic E-state index is -1.33. The number of carbonyl (C=O) groups is 4. The number of hydrogen-bond acceptors (Lipinski definition) is 5. The number of carboxylic acid groups (broad SMARTS) is 2. The molecular formula is C12H20N2O7. The molecule has 0 rings (SSSR count). The highest BCUT2D eigenvalue weighted by molar-refractivity contribution is 5.85. The van der Waals surface area contributed by atoms with Crippen molar-refractivity contribution in [2.75, 3.05) is 20.2 Å². The zero-order chi connectivity index (χ0) is 16.4. The monoisotopic (exact) mass is 304 g/mol. The second-order valence-corrected chi connectivity index (χ2v) is 4.27. The summed E-state index contributed by atoms with van der Waals surface area (Å²) in [4.78, 5) is 45.7. The number of nitrogens with one attached hydrogen (secondary N) is 1. The molecule has 21 heavy (non-hydrogen) atoms. The summed E-state index contributed by atoms with van der Waals surface area (Å²) in [7, 11) is 1.18. The Labute approximate surface area is 121 Å². The highest BCUT2D eigenvalue weighted by Crippen LogP contribution is 2.01. The van der Waals surface area contributed by atoms with E-state index in [1.807, 2.05) is 0 Å². The number of ether oxygens (including phenoxy) is 1. The van der Waals surface area contributed by atoms with Gasteiger partial charge in [0.1, 0.15) is 12.6 Å². The first-order chi connectivity index (χ1) is 9.81. The molecule has 0 fully saturated rings. The fraction of sp³-hybridized carbons (Fsp3) is 0.667. The largest absolute Gasteiger partial charge is 0.481 e. The fourth-order valence-corrected chi connectivity index (χ4v) is 1.51. The number of carboxylic acids is 2. The Morgan fingerprint density at radius 2 is 1.86 bits per heavy atom. The maximum absolute atomic E-state index is 11.9. The van der Waals surface area contributed by atoms with Gasteiger partial charge in [-0.3, -0.25) is 9.59 Å². The van der Waals surface area contributed by atoms with Gasteiger partial charge in [0, 0.05) is 13.0 Å². The van der Waals surface area contributed by atoms with Gasteiger partial charge in [-0.1, -0.05) is 6.92 Å². The molecule has 0 aromatic carbocycles. The standard InChI is InChI=1S/C12H20N2O7/c1-3-6-14(7-10(17)21-2)12(20)13-8(11(18)19)4-5-9(15)16/h8H,3-7H2,1-2H3,(H,13,20)(H,15,16)(H,18,19). The summed E-state index contributed by atoms with van der Waals surface area (Å²) in [5.74, 6) is -3.12. The number of carbonyl (C=O) groups excluding carboxylic acids is 2. The van der Waals surface area contributed by atoms with Gasteiger partial charge in [0.15, 0.2) is 0 Å². The van der Waals surface area contributed by atoms with E-state index in [2.05, 4.69) is 10.1 Å². The maximum Gasteiger partial charge on any atom is 0.326 e. The van der Waals surface area contributed by atoms with Crippen LogP contribution < -0.4 is 5.32 Å². The molecule has 0 spiro atoms. The molecule has 0 aliphatic rings. The molecule has 9 heteroatoms. The van der Waals surface area contributed by atoms with Crippen LogP contribution >= 0.6 is 0 Å². The Kier molecular flexibility index (Phi) is 8.51. The smallest absolute Gasteiger partial charge is 0.326 e. The Balaban J connectivity index is 4.69. The fourth-order valence-electron chi connectivity index (χ4n) is 1.51. The molecule has 0 aliphatic heterocycles. The minimum absolute atomic E-state index is 0.241. The van der Waals surface area contributed by atoms with Crippen molar-refractivity contribution >= 4 is 23.9 Å². The van der Waals surface area contributed by atoms with Crippen LogP contribution in [0.2, 0.25) is 0 Å². The van der Waals surface area contributed by atoms with Gasteiger partial charge in [0.25, 0.3) is 0 Å². The van der Waals surface area contributed by atoms with E-state index in [0.29, 0.717) is 6.42 Å². The molecule has 0 saturated carbocycles. The van der Waals surface area contributed by atoms with E-state index in [-0.39, 0.29) is 25.9 Å². The minimum Gasteiger partial charge on any atom is -0.481 e. The van der Waals surface area contributed by atoms with Crippen LogP contribution in [-0.2, 0) is 19.1 Å². The van der Waals surface area contributed by atoms with Gasteiger partial charge >= 0.3 is 23.9 Å². The highest BCUT2D eigenvalue weighted by Gasteiger charge is 2.24. The summed E-state index contributed by atoms with van der Waals surface area (Å²) in [6.45, 7) is 1.73. The van der Waals surface area contributed by atoms with E-state index in [1.165, 1.54) is 7.11 Å². The van der Waals surface area contributed by atoms with Gasteiger partial charge in [0.05, 0.1) is 7.11 Å². The van der Waals surface area contributed by atoms with Crippen LogP contribution in [0.5, 0.6) is 0 Å². The third kappa shape index (κ3) is 7.75. The number of methoxy groups -OCH3 is 1. The molecule has 120 valence electrons. The number of nitrogens with zero attached hydrogens (tertiary/aromatic N) is 1. The average molecular weight is 304 g/mol. The SMILES string of the molecule is CCCN(CC(=O)OC)C(=O)NC(CCC(=O)O)C(=O)O. The van der Waals surface area contributed by atoms with E-state index in [1.54, 1.807) is 6.92 Å². The zero-order valence-corrected chi connectivity index (χ0v) is 12.0. The second-order valence-electron chi connectivity index (χ2n) is 4.27. The van der Waals surface area contributed by atoms with Gasteiger partial charge in [-0.25, -0.2) is 9.59 Å². The first-order valence-electron chi connectivity index (χ1n) is 6.38. The number of esters is 1. The summed E-state index contributed by atoms with van der Waals surface area (Å²) in [5, 5.41) is 19.7. The van der Waals surface area contributed by atoms with Crippen LogP contribution in [-0.4, -0.2) is 65.3 Å². The highest BCUT2D eigenvalue weighted by atomic mass is 16.5. The van der Waals surface area contributed by atoms with Crippen molar-refractivity contribution in [1.29, 1.82) is 0 Å². The van der Waals surface area contributed by atoms with Crippen LogP contribution in [0.15, 0.2) is 0 Å². The van der Waals surface area contributed by atoms with Crippen LogP contribution in [0.25, 0.3) is 0 Å². The third-order valence-electron chi connectivity index (χ3n) is 2.57. The average Bonchev–Trinajstić information content (AvgIpc) is 2.41. The van der Waals surface area contributed by atoms with Crippen LogP contribution in [0, 0.1) is 0 Å². The molecule has 1 atom stereocenters. The van der Waals surface area contributed by atoms with Crippen molar-refractivity contribution in [3.63, 3.8) is 0 Å². The molecule has 0 aliphatic carbocycles. The molecule has 1 unspecified atom stereocenters. The molecular weight excluding hydrogens is 284 g/mol. The lowest BCUT2D eigenvalue weighted by Gasteiger charge is -2.23. The van der Waals surface area contributed by atoms with Crippen LogP contribution in [0.3, 0.4) is 0 Å². The van der Waals surface area contributed by atoms with Gasteiger partial charge < -0.3 is 25.2 Å². The first-order valence-corrected chi connectivity index (χ1v) is 6.38. The molecule has 0 heterocycles. The van der Waals surface area contributed by atoms with Crippen molar-refractivity contribution in [3.05, 3.63) is 0 Å². The normalized spacial score (nSPS) is 11.3. The van der Waals surface area contributed by atoms with Crippen molar-refractivity contribution in [2.24, 2.45) is 0 Å². The van der Waals surface area contributed by atoms with E-state index >= 15 is 0 Å². The molecule has 0 aromatic heterocycles. The summed E-state index contributed by atoms with van der Waals surface area (Å²) in [5.41, 5.74) is 0. The van der Waals surface area contributed by atoms with Crippen molar-refractivity contribution in [3.8, 4) is 0 Å². The zero-order valence-electron chi connectivity index (χ0n) is 12.0. The lowest BCUT2D eigenvalue weighted by Crippen LogP contribution is -2.49. The molecule has 0 bridgehead atoms. The maximum atomic E-state index is 11.9. The number of urea groups is 1. The van der Waals surface area contributed by atoms with Crippen molar-refractivity contribution in [1.82, 2.24) is 10.2 Å². The summed E-state index contributed by atoms with van der Waals surface area (Å²) >= 11 is 0. The van der Waals surface area contributed by atoms with Gasteiger partial charge in [-0.15, -0.1) is 0 Å². The Hall–Kier alpha value is -2.32. The van der Waals surface area contributed by atoms with Gasteiger partial charge in [0.2, 0.25) is 0 Å². The predicted molar refractivity (Wildman–Crippen MR) is 70.7 cm³/mol. The molecule has 2 amide bonds. The van der Waals surface area contributed by atoms with Crippen molar-refractivity contribution in [2.45, 2.75) is 32.2 Å². The molecule has 0 aromatic rings. The lowest BCUT2D eigenvalue weighted by atomic mass is 10.1. The summed E-state index contributed by atoms with van der Waals surface area (Å²) in [6, 6.07) is -2.08. The quantitative estimate of drug-likeness (QED) is 0.506. The van der Waals surface area contributed by atoms with Crippen LogP contribution in [0.1, 0.15) is 26.2 Å². The second kappa shape index (κ2) is 9.56. The molecule has 0 saturated heterocycles. The van der Waals surface area contributed by atoms with Crippen LogP contribution in [0.4, 0.5) is 4.79 Å². The van der Waals surface area contributed by atoms with Gasteiger partial charge in [-0.05, 0) is 12.8 Å². The van der Waals surface area contributed by atoms with Gasteiger partial charge in [-0.2, -0.15) is 0 Å². The molecule has 3 N–H and O–H groups in total. The molecule has 9 nitrogen and oxygen atoms in total. The predicted octanol–water partition coefficient (Wildman–Crippen LogP) is -0.101. The van der Waals surface area contributed by atoms with E-state index < -0.39 is 30.0 Å². The Morgan fingerprint density at radius 3 is 2.29 bits per heavy atom. The number of aliphatic carboxylic acids is 2.